The molecular formula is C24H24N2O6. The maximum Gasteiger partial charge on any atom is 0.278 e. The predicted octanol–water partition coefficient (Wildman–Crippen LogP) is 1.10. The Balaban J connectivity index is 1.57. The third kappa shape index (κ3) is 3.24. The molecule has 4 rings (SSSR count). The van der Waals surface area contributed by atoms with E-state index in [1.165, 1.54) is 26.2 Å². The van der Waals surface area contributed by atoms with Crippen LogP contribution >= 0.6 is 0 Å². The van der Waals surface area contributed by atoms with E-state index in [9.17, 15) is 19.5 Å². The Kier molecular flexibility index (Phi) is 5.68. The third-order valence-electron chi connectivity index (χ3n) is 5.94. The SMILES string of the molecule is CO[C@@]1(C(=O)c2ccccc2)NC(=O)[C@]2(OC(CNCc3ccccc3)=C(C)C2=O)[C@H]1O. The predicted molar refractivity (Wildman–Crippen MR) is 114 cm³/mol. The Morgan fingerprint density at radius 1 is 1.09 bits per heavy atom. The number of carbonyl (C=O) groups excluding carboxylic acids is 3. The normalized spacial score (nSPS) is 27.0. The zero-order valence-corrected chi connectivity index (χ0v) is 17.8. The Labute approximate surface area is 185 Å². The molecule has 2 heterocycles. The molecule has 8 heteroatoms. The van der Waals surface area contributed by atoms with E-state index in [0.29, 0.717) is 6.54 Å². The summed E-state index contributed by atoms with van der Waals surface area (Å²) in [5.41, 5.74) is -2.98. The lowest BCUT2D eigenvalue weighted by molar-refractivity contribution is -0.160. The van der Waals surface area contributed by atoms with Crippen molar-refractivity contribution < 1.29 is 29.0 Å². The minimum absolute atomic E-state index is 0.167. The summed E-state index contributed by atoms with van der Waals surface area (Å²) < 4.78 is 11.2. The third-order valence-corrected chi connectivity index (χ3v) is 5.94. The summed E-state index contributed by atoms with van der Waals surface area (Å²) >= 11 is 0. The molecule has 2 aliphatic heterocycles. The first-order chi connectivity index (χ1) is 15.4. The molecule has 3 atom stereocenters. The number of benzene rings is 2. The first-order valence-electron chi connectivity index (χ1n) is 10.2. The van der Waals surface area contributed by atoms with Gasteiger partial charge in [-0.15, -0.1) is 0 Å². The van der Waals surface area contributed by atoms with Gasteiger partial charge in [-0.3, -0.25) is 14.4 Å². The summed E-state index contributed by atoms with van der Waals surface area (Å²) in [4.78, 5) is 39.4. The van der Waals surface area contributed by atoms with Crippen molar-refractivity contribution in [2.75, 3.05) is 13.7 Å². The number of aliphatic hydroxyl groups is 1. The molecule has 1 spiro atoms. The topological polar surface area (TPSA) is 114 Å². The number of carbonyl (C=O) groups is 3. The Morgan fingerprint density at radius 2 is 1.72 bits per heavy atom. The molecule has 8 nitrogen and oxygen atoms in total. The molecule has 0 radical (unpaired) electrons. The van der Waals surface area contributed by atoms with Gasteiger partial charge in [0.25, 0.3) is 11.5 Å². The molecule has 3 N–H and O–H groups in total. The van der Waals surface area contributed by atoms with Crippen molar-refractivity contribution in [3.8, 4) is 0 Å². The summed E-state index contributed by atoms with van der Waals surface area (Å²) in [5, 5.41) is 16.7. The van der Waals surface area contributed by atoms with Crippen LogP contribution in [0.25, 0.3) is 0 Å². The van der Waals surface area contributed by atoms with E-state index in [-0.39, 0.29) is 23.4 Å². The molecule has 1 fully saturated rings. The van der Waals surface area contributed by atoms with Crippen LogP contribution in [0.3, 0.4) is 0 Å². The van der Waals surface area contributed by atoms with Gasteiger partial charge in [0.1, 0.15) is 5.76 Å². The highest BCUT2D eigenvalue weighted by atomic mass is 16.6. The van der Waals surface area contributed by atoms with Gasteiger partial charge < -0.3 is 25.2 Å². The largest absolute Gasteiger partial charge is 0.469 e. The van der Waals surface area contributed by atoms with Crippen LogP contribution < -0.4 is 10.6 Å². The first kappa shape index (κ1) is 21.9. The van der Waals surface area contributed by atoms with Crippen LogP contribution in [0.2, 0.25) is 0 Å². The Hall–Kier alpha value is -3.33. The Bertz CT molecular complexity index is 1080. The van der Waals surface area contributed by atoms with E-state index in [2.05, 4.69) is 10.6 Å². The lowest BCUT2D eigenvalue weighted by Gasteiger charge is -2.32. The number of methoxy groups -OCH3 is 1. The zero-order valence-electron chi connectivity index (χ0n) is 17.8. The molecule has 0 bridgehead atoms. The van der Waals surface area contributed by atoms with Crippen molar-refractivity contribution in [1.82, 2.24) is 10.6 Å². The highest BCUT2D eigenvalue weighted by molar-refractivity contribution is 6.23. The summed E-state index contributed by atoms with van der Waals surface area (Å²) in [6, 6.07) is 17.7. The average Bonchev–Trinajstić information content (AvgIpc) is 3.21. The van der Waals surface area contributed by atoms with Crippen LogP contribution in [0.15, 0.2) is 72.0 Å². The fraction of sp³-hybridized carbons (Fsp3) is 0.292. The average molecular weight is 436 g/mol. The second-order valence-electron chi connectivity index (χ2n) is 7.80. The Morgan fingerprint density at radius 3 is 2.34 bits per heavy atom. The molecule has 2 aromatic rings. The maximum atomic E-state index is 13.2. The molecule has 0 aliphatic carbocycles. The second-order valence-corrected chi connectivity index (χ2v) is 7.80. The number of aliphatic hydroxyl groups excluding tert-OH is 1. The molecule has 32 heavy (non-hydrogen) atoms. The summed E-state index contributed by atoms with van der Waals surface area (Å²) in [7, 11) is 1.19. The number of amides is 1. The molecule has 1 amide bonds. The fourth-order valence-electron chi connectivity index (χ4n) is 4.12. The minimum atomic E-state index is -2.28. The summed E-state index contributed by atoms with van der Waals surface area (Å²) in [5.74, 6) is -2.06. The van der Waals surface area contributed by atoms with Gasteiger partial charge in [-0.05, 0) is 12.5 Å². The van der Waals surface area contributed by atoms with E-state index in [0.717, 1.165) is 5.56 Å². The molecule has 0 saturated carbocycles. The molecule has 166 valence electrons. The van der Waals surface area contributed by atoms with Gasteiger partial charge in [-0.1, -0.05) is 60.7 Å². The quantitative estimate of drug-likeness (QED) is 0.440. The number of ether oxygens (including phenoxy) is 2. The van der Waals surface area contributed by atoms with Crippen molar-refractivity contribution in [3.05, 3.63) is 83.1 Å². The van der Waals surface area contributed by atoms with Crippen LogP contribution in [-0.4, -0.2) is 53.7 Å². The standard InChI is InChI=1S/C24H24N2O6/c1-15-18(14-25-13-16-9-5-3-6-10-16)32-23(19(15)27)21(29)24(31-2,26-22(23)30)20(28)17-11-7-4-8-12-17/h3-12,21,25,29H,13-14H2,1-2H3,(H,26,30)/t21-,23-,24-/m1/s1. The second kappa shape index (κ2) is 8.31. The van der Waals surface area contributed by atoms with E-state index in [4.69, 9.17) is 9.47 Å². The molecule has 0 unspecified atom stereocenters. The molecule has 2 aliphatic rings. The van der Waals surface area contributed by atoms with Crippen LogP contribution in [0.1, 0.15) is 22.8 Å². The number of ketones is 2. The number of hydrogen-bond acceptors (Lipinski definition) is 7. The lowest BCUT2D eigenvalue weighted by atomic mass is 9.85. The van der Waals surface area contributed by atoms with Gasteiger partial charge in [0.15, 0.2) is 6.10 Å². The van der Waals surface area contributed by atoms with Crippen LogP contribution in [0, 0.1) is 0 Å². The number of hydrogen-bond donors (Lipinski definition) is 3. The summed E-state index contributed by atoms with van der Waals surface area (Å²) in [6.07, 6.45) is -1.89. The number of nitrogens with one attached hydrogen (secondary N) is 2. The van der Waals surface area contributed by atoms with Gasteiger partial charge in [0, 0.05) is 24.8 Å². The van der Waals surface area contributed by atoms with Crippen molar-refractivity contribution in [3.63, 3.8) is 0 Å². The van der Waals surface area contributed by atoms with Gasteiger partial charge >= 0.3 is 0 Å². The number of Topliss-reactive ketones (excluding diaryl/α,β-unsaturated/α-hetero) is 2. The minimum Gasteiger partial charge on any atom is -0.469 e. The van der Waals surface area contributed by atoms with Gasteiger partial charge in [-0.2, -0.15) is 0 Å². The van der Waals surface area contributed by atoms with Crippen molar-refractivity contribution in [2.45, 2.75) is 30.9 Å². The van der Waals surface area contributed by atoms with Gasteiger partial charge in [0.05, 0.1) is 6.54 Å². The van der Waals surface area contributed by atoms with Crippen molar-refractivity contribution in [1.29, 1.82) is 0 Å². The fourth-order valence-corrected chi connectivity index (χ4v) is 4.12. The highest BCUT2D eigenvalue weighted by Crippen LogP contribution is 2.43. The number of rotatable bonds is 7. The van der Waals surface area contributed by atoms with Crippen LogP contribution in [-0.2, 0) is 25.6 Å². The smallest absolute Gasteiger partial charge is 0.278 e. The van der Waals surface area contributed by atoms with E-state index < -0.39 is 34.9 Å². The monoisotopic (exact) mass is 436 g/mol. The van der Waals surface area contributed by atoms with E-state index in [1.807, 2.05) is 30.3 Å². The highest BCUT2D eigenvalue weighted by Gasteiger charge is 2.73. The van der Waals surface area contributed by atoms with Crippen LogP contribution in [0.5, 0.6) is 0 Å². The molecule has 2 aromatic carbocycles. The maximum absolute atomic E-state index is 13.2. The van der Waals surface area contributed by atoms with Crippen molar-refractivity contribution in [2.24, 2.45) is 0 Å². The van der Waals surface area contributed by atoms with Crippen molar-refractivity contribution >= 4 is 17.5 Å². The first-order valence-corrected chi connectivity index (χ1v) is 10.2. The zero-order chi connectivity index (χ0) is 22.9. The van der Waals surface area contributed by atoms with Gasteiger partial charge in [-0.25, -0.2) is 0 Å². The van der Waals surface area contributed by atoms with E-state index in [1.54, 1.807) is 18.2 Å². The van der Waals surface area contributed by atoms with E-state index >= 15 is 0 Å². The summed E-state index contributed by atoms with van der Waals surface area (Å²) in [6.45, 7) is 2.22. The van der Waals surface area contributed by atoms with Crippen LogP contribution in [0.4, 0.5) is 0 Å². The molecule has 1 saturated heterocycles. The molecule has 0 aromatic heterocycles. The lowest BCUT2D eigenvalue weighted by Crippen LogP contribution is -2.60. The molecular weight excluding hydrogens is 412 g/mol. The van der Waals surface area contributed by atoms with Gasteiger partial charge in [0.2, 0.25) is 17.3 Å².